The van der Waals surface area contributed by atoms with Crippen molar-refractivity contribution in [2.75, 3.05) is 24.5 Å². The van der Waals surface area contributed by atoms with Gasteiger partial charge < -0.3 is 15.0 Å². The SMILES string of the molecule is CCCNC(=O)C(C)N(Cc1ccccc1C)C(=O)CN(c1cc(Cl)ccc1OC)S(=O)(=O)c1ccc(C)cc1. The number of rotatable bonds is 12. The molecule has 0 aromatic heterocycles. The highest BCUT2D eigenvalue weighted by Crippen LogP contribution is 2.35. The van der Waals surface area contributed by atoms with Gasteiger partial charge in [-0.05, 0) is 68.7 Å². The van der Waals surface area contributed by atoms with E-state index in [1.807, 2.05) is 45.0 Å². The van der Waals surface area contributed by atoms with E-state index in [4.69, 9.17) is 16.3 Å². The van der Waals surface area contributed by atoms with E-state index in [0.29, 0.717) is 6.54 Å². The highest BCUT2D eigenvalue weighted by molar-refractivity contribution is 7.92. The fraction of sp³-hybridized carbons (Fsp3) is 0.333. The van der Waals surface area contributed by atoms with Gasteiger partial charge in [-0.2, -0.15) is 0 Å². The van der Waals surface area contributed by atoms with Gasteiger partial charge in [0.2, 0.25) is 11.8 Å². The van der Waals surface area contributed by atoms with Crippen LogP contribution in [0.3, 0.4) is 0 Å². The van der Waals surface area contributed by atoms with Crippen LogP contribution < -0.4 is 14.4 Å². The fourth-order valence-corrected chi connectivity index (χ4v) is 5.74. The second-order valence-electron chi connectivity index (χ2n) is 9.56. The lowest BCUT2D eigenvalue weighted by Crippen LogP contribution is -2.51. The molecule has 8 nitrogen and oxygen atoms in total. The molecule has 0 saturated heterocycles. The molecular weight excluding hydrogens is 550 g/mol. The predicted octanol–water partition coefficient (Wildman–Crippen LogP) is 5.10. The van der Waals surface area contributed by atoms with Gasteiger partial charge in [-0.1, -0.05) is 60.5 Å². The Morgan fingerprint density at radius 1 is 1.02 bits per heavy atom. The maximum Gasteiger partial charge on any atom is 0.264 e. The van der Waals surface area contributed by atoms with Crippen LogP contribution in [0, 0.1) is 13.8 Å². The zero-order valence-corrected chi connectivity index (χ0v) is 25.1. The molecule has 3 aromatic rings. The quantitative estimate of drug-likeness (QED) is 0.319. The third kappa shape index (κ3) is 7.34. The number of hydrogen-bond acceptors (Lipinski definition) is 5. The Morgan fingerprint density at radius 2 is 1.70 bits per heavy atom. The van der Waals surface area contributed by atoms with Crippen molar-refractivity contribution in [3.8, 4) is 5.75 Å². The zero-order valence-electron chi connectivity index (χ0n) is 23.5. The topological polar surface area (TPSA) is 96.0 Å². The highest BCUT2D eigenvalue weighted by atomic mass is 35.5. The van der Waals surface area contributed by atoms with Crippen LogP contribution in [0.4, 0.5) is 5.69 Å². The van der Waals surface area contributed by atoms with Crippen molar-refractivity contribution in [2.45, 2.75) is 51.6 Å². The van der Waals surface area contributed by atoms with Crippen molar-refractivity contribution in [1.82, 2.24) is 10.2 Å². The standard InChI is InChI=1S/C30H36ClN3O5S/c1-6-17-32-30(36)23(4)33(19-24-10-8-7-9-22(24)3)29(35)20-34(27-18-25(31)13-16-28(27)39-5)40(37,38)26-14-11-21(2)12-15-26/h7-16,18,23H,6,17,19-20H2,1-5H3,(H,32,36). The monoisotopic (exact) mass is 585 g/mol. The van der Waals surface area contributed by atoms with Crippen molar-refractivity contribution >= 4 is 39.1 Å². The van der Waals surface area contributed by atoms with Crippen LogP contribution in [0.5, 0.6) is 5.75 Å². The zero-order chi connectivity index (χ0) is 29.4. The molecule has 10 heteroatoms. The van der Waals surface area contributed by atoms with Gasteiger partial charge in [-0.3, -0.25) is 13.9 Å². The molecule has 0 saturated carbocycles. The maximum atomic E-state index is 14.0. The number of carbonyl (C=O) groups excluding carboxylic acids is 2. The van der Waals surface area contributed by atoms with Gasteiger partial charge in [0.25, 0.3) is 10.0 Å². The molecule has 2 amide bonds. The highest BCUT2D eigenvalue weighted by Gasteiger charge is 2.34. The first-order valence-corrected chi connectivity index (χ1v) is 14.9. The molecule has 0 fully saturated rings. The summed E-state index contributed by atoms with van der Waals surface area (Å²) in [5.74, 6) is -0.649. The van der Waals surface area contributed by atoms with Crippen molar-refractivity contribution in [2.24, 2.45) is 0 Å². The Kier molecular flexibility index (Phi) is 10.6. The number of ether oxygens (including phenoxy) is 1. The van der Waals surface area contributed by atoms with Crippen LogP contribution in [-0.2, 0) is 26.2 Å². The number of halogens is 1. The largest absolute Gasteiger partial charge is 0.495 e. The minimum absolute atomic E-state index is 0.00659. The van der Waals surface area contributed by atoms with Crippen LogP contribution in [0.25, 0.3) is 0 Å². The number of hydrogen-bond donors (Lipinski definition) is 1. The number of amides is 2. The Labute approximate surface area is 241 Å². The lowest BCUT2D eigenvalue weighted by Gasteiger charge is -2.32. The first-order chi connectivity index (χ1) is 19.0. The molecule has 0 aliphatic carbocycles. The Bertz CT molecular complexity index is 1440. The van der Waals surface area contributed by atoms with Crippen molar-refractivity contribution in [3.63, 3.8) is 0 Å². The summed E-state index contributed by atoms with van der Waals surface area (Å²) in [4.78, 5) is 28.5. The Hall–Kier alpha value is -3.56. The number of methoxy groups -OCH3 is 1. The molecule has 0 radical (unpaired) electrons. The van der Waals surface area contributed by atoms with Crippen molar-refractivity contribution < 1.29 is 22.7 Å². The average molecular weight is 586 g/mol. The molecule has 0 spiro atoms. The molecule has 1 N–H and O–H groups in total. The van der Waals surface area contributed by atoms with Crippen LogP contribution in [-0.4, -0.2) is 51.4 Å². The van der Waals surface area contributed by atoms with Gasteiger partial charge in [0, 0.05) is 18.1 Å². The second-order valence-corrected chi connectivity index (χ2v) is 11.9. The number of carbonyl (C=O) groups is 2. The fourth-order valence-electron chi connectivity index (χ4n) is 4.16. The van der Waals surface area contributed by atoms with E-state index in [2.05, 4.69) is 5.32 Å². The van der Waals surface area contributed by atoms with Crippen LogP contribution in [0.1, 0.15) is 37.0 Å². The van der Waals surface area contributed by atoms with E-state index in [1.165, 1.54) is 30.2 Å². The van der Waals surface area contributed by atoms with Crippen molar-refractivity contribution in [1.29, 1.82) is 0 Å². The average Bonchev–Trinajstić information content (AvgIpc) is 2.93. The van der Waals surface area contributed by atoms with E-state index in [1.54, 1.807) is 31.2 Å². The summed E-state index contributed by atoms with van der Waals surface area (Å²) in [7, 11) is -2.83. The van der Waals surface area contributed by atoms with Crippen LogP contribution in [0.2, 0.25) is 5.02 Å². The predicted molar refractivity (Wildman–Crippen MR) is 158 cm³/mol. The first-order valence-electron chi connectivity index (χ1n) is 13.0. The number of nitrogens with one attached hydrogen (secondary N) is 1. The number of aryl methyl sites for hydroxylation is 2. The normalized spacial score (nSPS) is 11.9. The molecule has 0 aliphatic heterocycles. The number of anilines is 1. The van der Waals surface area contributed by atoms with E-state index in [-0.39, 0.29) is 33.8 Å². The molecule has 40 heavy (non-hydrogen) atoms. The molecule has 3 rings (SSSR count). The summed E-state index contributed by atoms with van der Waals surface area (Å²) in [5, 5.41) is 3.11. The summed E-state index contributed by atoms with van der Waals surface area (Å²) >= 11 is 6.27. The molecule has 3 aromatic carbocycles. The van der Waals surface area contributed by atoms with Crippen LogP contribution >= 0.6 is 11.6 Å². The van der Waals surface area contributed by atoms with Gasteiger partial charge in [0.15, 0.2) is 0 Å². The Morgan fingerprint density at radius 3 is 2.33 bits per heavy atom. The van der Waals surface area contributed by atoms with E-state index < -0.39 is 28.5 Å². The van der Waals surface area contributed by atoms with Gasteiger partial charge in [-0.15, -0.1) is 0 Å². The van der Waals surface area contributed by atoms with Gasteiger partial charge in [0.1, 0.15) is 18.3 Å². The lowest BCUT2D eigenvalue weighted by atomic mass is 10.1. The minimum Gasteiger partial charge on any atom is -0.495 e. The first kappa shape index (κ1) is 31.0. The molecular formula is C30H36ClN3O5S. The Balaban J connectivity index is 2.10. The minimum atomic E-state index is -4.24. The van der Waals surface area contributed by atoms with E-state index >= 15 is 0 Å². The van der Waals surface area contributed by atoms with Crippen LogP contribution in [0.15, 0.2) is 71.6 Å². The number of sulfonamides is 1. The molecule has 214 valence electrons. The third-order valence-corrected chi connectivity index (χ3v) is 8.62. The number of nitrogens with zero attached hydrogens (tertiary/aromatic N) is 2. The third-order valence-electron chi connectivity index (χ3n) is 6.62. The molecule has 0 aliphatic rings. The van der Waals surface area contributed by atoms with E-state index in [0.717, 1.165) is 27.4 Å². The number of benzene rings is 3. The second kappa shape index (κ2) is 13.7. The van der Waals surface area contributed by atoms with Crippen molar-refractivity contribution in [3.05, 3.63) is 88.4 Å². The lowest BCUT2D eigenvalue weighted by molar-refractivity contribution is -0.139. The van der Waals surface area contributed by atoms with E-state index in [9.17, 15) is 18.0 Å². The smallest absolute Gasteiger partial charge is 0.264 e. The summed E-state index contributed by atoms with van der Waals surface area (Å²) in [6.45, 7) is 7.36. The summed E-state index contributed by atoms with van der Waals surface area (Å²) in [6.07, 6.45) is 0.737. The molecule has 0 heterocycles. The molecule has 1 atom stereocenters. The summed E-state index contributed by atoms with van der Waals surface area (Å²) in [5.41, 5.74) is 2.79. The molecule has 0 bridgehead atoms. The summed E-state index contributed by atoms with van der Waals surface area (Å²) < 4.78 is 34.5. The van der Waals surface area contributed by atoms with Gasteiger partial charge in [-0.25, -0.2) is 8.42 Å². The van der Waals surface area contributed by atoms with Gasteiger partial charge in [0.05, 0.1) is 17.7 Å². The molecule has 1 unspecified atom stereocenters. The van der Waals surface area contributed by atoms with Gasteiger partial charge >= 0.3 is 0 Å². The summed E-state index contributed by atoms with van der Waals surface area (Å²) in [6, 6.07) is 17.6. The maximum absolute atomic E-state index is 14.0.